The van der Waals surface area contributed by atoms with Crippen LogP contribution in [0.2, 0.25) is 0 Å². The van der Waals surface area contributed by atoms with Crippen LogP contribution in [0, 0.1) is 12.7 Å². The number of aryl methyl sites for hydroxylation is 1. The topological polar surface area (TPSA) is 38.0 Å². The second-order valence-corrected chi connectivity index (χ2v) is 4.74. The molecule has 0 unspecified atom stereocenters. The van der Waals surface area contributed by atoms with Crippen LogP contribution in [0.25, 0.3) is 0 Å². The molecule has 0 radical (unpaired) electrons. The lowest BCUT2D eigenvalue weighted by atomic mass is 10.1. The highest BCUT2D eigenvalue weighted by molar-refractivity contribution is 9.10. The molecular weight excluding hydrogens is 283 g/mol. The number of nitrogen functional groups attached to an aromatic ring is 1. The van der Waals surface area contributed by atoms with Gasteiger partial charge in [0.2, 0.25) is 0 Å². The van der Waals surface area contributed by atoms with Gasteiger partial charge in [-0.3, -0.25) is 0 Å². The maximum atomic E-state index is 13.6. The molecule has 0 amide bonds. The molecule has 0 aliphatic heterocycles. The van der Waals surface area contributed by atoms with Crippen LogP contribution in [0.4, 0.5) is 21.5 Å². The summed E-state index contributed by atoms with van der Waals surface area (Å²) in [5.41, 5.74) is 8.63. The van der Waals surface area contributed by atoms with E-state index in [0.29, 0.717) is 11.4 Å². The summed E-state index contributed by atoms with van der Waals surface area (Å²) in [6.45, 7) is 1.93. The number of halogens is 2. The van der Waals surface area contributed by atoms with Crippen LogP contribution < -0.4 is 11.1 Å². The fourth-order valence-electron chi connectivity index (χ4n) is 1.56. The predicted molar refractivity (Wildman–Crippen MR) is 73.0 cm³/mol. The van der Waals surface area contributed by atoms with Crippen molar-refractivity contribution in [2.75, 3.05) is 11.1 Å². The average molecular weight is 295 g/mol. The molecule has 0 fully saturated rings. The van der Waals surface area contributed by atoms with Crippen molar-refractivity contribution in [1.29, 1.82) is 0 Å². The van der Waals surface area contributed by atoms with Crippen LogP contribution in [0.15, 0.2) is 40.9 Å². The summed E-state index contributed by atoms with van der Waals surface area (Å²) in [6.07, 6.45) is 0. The molecule has 0 aromatic heterocycles. The normalized spacial score (nSPS) is 10.3. The zero-order valence-corrected chi connectivity index (χ0v) is 10.9. The van der Waals surface area contributed by atoms with E-state index < -0.39 is 0 Å². The van der Waals surface area contributed by atoms with Crippen molar-refractivity contribution < 1.29 is 4.39 Å². The second-order valence-electron chi connectivity index (χ2n) is 3.82. The van der Waals surface area contributed by atoms with Crippen LogP contribution in [0.1, 0.15) is 5.56 Å². The van der Waals surface area contributed by atoms with Gasteiger partial charge in [-0.1, -0.05) is 15.9 Å². The predicted octanol–water partition coefficient (Wildman–Crippen LogP) is 4.22. The van der Waals surface area contributed by atoms with Crippen molar-refractivity contribution in [3.05, 3.63) is 52.3 Å². The third-order valence-electron chi connectivity index (χ3n) is 2.45. The minimum atomic E-state index is -0.296. The van der Waals surface area contributed by atoms with Crippen LogP contribution in [0.3, 0.4) is 0 Å². The molecule has 0 spiro atoms. The molecule has 0 bridgehead atoms. The van der Waals surface area contributed by atoms with E-state index in [1.807, 2.05) is 19.1 Å². The third-order valence-corrected chi connectivity index (χ3v) is 2.94. The van der Waals surface area contributed by atoms with Gasteiger partial charge in [0.15, 0.2) is 0 Å². The SMILES string of the molecule is Cc1cc(N)ccc1Nc1ccc(Br)cc1F. The van der Waals surface area contributed by atoms with Crippen molar-refractivity contribution in [2.45, 2.75) is 6.92 Å². The highest BCUT2D eigenvalue weighted by Gasteiger charge is 2.04. The molecule has 0 saturated carbocycles. The Labute approximate surface area is 108 Å². The summed E-state index contributed by atoms with van der Waals surface area (Å²) in [4.78, 5) is 0. The number of nitrogens with two attached hydrogens (primary N) is 1. The minimum absolute atomic E-state index is 0.296. The summed E-state index contributed by atoms with van der Waals surface area (Å²) in [5, 5.41) is 3.04. The molecule has 0 aliphatic rings. The van der Waals surface area contributed by atoms with Crippen LogP contribution in [-0.4, -0.2) is 0 Å². The summed E-state index contributed by atoms with van der Waals surface area (Å²) in [5.74, 6) is -0.296. The van der Waals surface area contributed by atoms with E-state index in [1.54, 1.807) is 18.2 Å². The number of hydrogen-bond acceptors (Lipinski definition) is 2. The molecule has 0 aliphatic carbocycles. The molecule has 2 aromatic carbocycles. The van der Waals surface area contributed by atoms with Gasteiger partial charge in [0.25, 0.3) is 0 Å². The maximum Gasteiger partial charge on any atom is 0.147 e. The van der Waals surface area contributed by atoms with Crippen molar-refractivity contribution in [2.24, 2.45) is 0 Å². The molecule has 0 heterocycles. The van der Waals surface area contributed by atoms with E-state index >= 15 is 0 Å². The van der Waals surface area contributed by atoms with E-state index in [0.717, 1.165) is 15.7 Å². The summed E-state index contributed by atoms with van der Waals surface area (Å²) in [6, 6.07) is 10.4. The summed E-state index contributed by atoms with van der Waals surface area (Å²) < 4.78 is 14.3. The average Bonchev–Trinajstić information content (AvgIpc) is 2.25. The lowest BCUT2D eigenvalue weighted by Crippen LogP contribution is -1.97. The van der Waals surface area contributed by atoms with Crippen molar-refractivity contribution in [3.63, 3.8) is 0 Å². The van der Waals surface area contributed by atoms with Gasteiger partial charge in [0, 0.05) is 15.8 Å². The molecule has 2 rings (SSSR count). The van der Waals surface area contributed by atoms with E-state index in [9.17, 15) is 4.39 Å². The first kappa shape index (κ1) is 11.9. The van der Waals surface area contributed by atoms with E-state index in [-0.39, 0.29) is 5.82 Å². The molecule has 2 aromatic rings. The molecular formula is C13H12BrFN2. The summed E-state index contributed by atoms with van der Waals surface area (Å²) >= 11 is 3.22. The van der Waals surface area contributed by atoms with Gasteiger partial charge in [-0.2, -0.15) is 0 Å². The Bertz CT molecular complexity index is 506. The molecule has 17 heavy (non-hydrogen) atoms. The number of rotatable bonds is 2. The van der Waals surface area contributed by atoms with Gasteiger partial charge in [-0.05, 0) is 48.9 Å². The highest BCUT2D eigenvalue weighted by Crippen LogP contribution is 2.26. The molecule has 0 atom stereocenters. The van der Waals surface area contributed by atoms with Gasteiger partial charge < -0.3 is 11.1 Å². The Morgan fingerprint density at radius 2 is 1.82 bits per heavy atom. The third kappa shape index (κ3) is 2.77. The first-order chi connectivity index (χ1) is 8.06. The van der Waals surface area contributed by atoms with E-state index in [4.69, 9.17) is 5.73 Å². The second kappa shape index (κ2) is 4.75. The Morgan fingerprint density at radius 1 is 1.12 bits per heavy atom. The van der Waals surface area contributed by atoms with Crippen molar-refractivity contribution in [1.82, 2.24) is 0 Å². The first-order valence-electron chi connectivity index (χ1n) is 5.14. The van der Waals surface area contributed by atoms with Gasteiger partial charge >= 0.3 is 0 Å². The first-order valence-corrected chi connectivity index (χ1v) is 5.94. The fourth-order valence-corrected chi connectivity index (χ4v) is 1.90. The Kier molecular flexibility index (Phi) is 3.33. The molecule has 0 saturated heterocycles. The smallest absolute Gasteiger partial charge is 0.147 e. The van der Waals surface area contributed by atoms with Gasteiger partial charge in [-0.15, -0.1) is 0 Å². The van der Waals surface area contributed by atoms with Crippen molar-refractivity contribution >= 4 is 33.0 Å². The van der Waals surface area contributed by atoms with Gasteiger partial charge in [0.05, 0.1) is 5.69 Å². The quantitative estimate of drug-likeness (QED) is 0.814. The molecule has 88 valence electrons. The zero-order chi connectivity index (χ0) is 12.4. The van der Waals surface area contributed by atoms with E-state index in [2.05, 4.69) is 21.2 Å². The van der Waals surface area contributed by atoms with Crippen LogP contribution in [0.5, 0.6) is 0 Å². The molecule has 4 heteroatoms. The number of hydrogen-bond donors (Lipinski definition) is 2. The fraction of sp³-hybridized carbons (Fsp3) is 0.0769. The lowest BCUT2D eigenvalue weighted by Gasteiger charge is -2.11. The standard InChI is InChI=1S/C13H12BrFN2/c1-8-6-10(16)3-5-12(8)17-13-4-2-9(14)7-11(13)15/h2-7,17H,16H2,1H3. The number of anilines is 3. The van der Waals surface area contributed by atoms with Gasteiger partial charge in [-0.25, -0.2) is 4.39 Å². The number of benzene rings is 2. The highest BCUT2D eigenvalue weighted by atomic mass is 79.9. The maximum absolute atomic E-state index is 13.6. The lowest BCUT2D eigenvalue weighted by molar-refractivity contribution is 0.631. The van der Waals surface area contributed by atoms with Crippen LogP contribution >= 0.6 is 15.9 Å². The van der Waals surface area contributed by atoms with Crippen molar-refractivity contribution in [3.8, 4) is 0 Å². The van der Waals surface area contributed by atoms with E-state index in [1.165, 1.54) is 6.07 Å². The number of nitrogens with one attached hydrogen (secondary N) is 1. The van der Waals surface area contributed by atoms with Crippen LogP contribution in [-0.2, 0) is 0 Å². The largest absolute Gasteiger partial charge is 0.399 e. The Hall–Kier alpha value is -1.55. The monoisotopic (exact) mass is 294 g/mol. The minimum Gasteiger partial charge on any atom is -0.399 e. The summed E-state index contributed by atoms with van der Waals surface area (Å²) in [7, 11) is 0. The Balaban J connectivity index is 2.31. The molecule has 2 nitrogen and oxygen atoms in total. The Morgan fingerprint density at radius 3 is 2.47 bits per heavy atom. The molecule has 3 N–H and O–H groups in total. The van der Waals surface area contributed by atoms with Gasteiger partial charge in [0.1, 0.15) is 5.82 Å². The zero-order valence-electron chi connectivity index (χ0n) is 9.30.